The number of anilines is 1. The first-order valence-electron chi connectivity index (χ1n) is 7.91. The van der Waals surface area contributed by atoms with E-state index in [0.717, 1.165) is 11.0 Å². The minimum absolute atomic E-state index is 0.188. The highest BCUT2D eigenvalue weighted by atomic mass is 19.4. The van der Waals surface area contributed by atoms with E-state index in [1.54, 1.807) is 26.0 Å². The monoisotopic (exact) mass is 362 g/mol. The molecule has 0 N–H and O–H groups in total. The Balaban J connectivity index is 1.81. The summed E-state index contributed by atoms with van der Waals surface area (Å²) in [5.74, 6) is -2.74. The Bertz CT molecular complexity index is 897. The predicted molar refractivity (Wildman–Crippen MR) is 82.7 cm³/mol. The van der Waals surface area contributed by atoms with Crippen molar-refractivity contribution in [1.82, 2.24) is 0 Å². The van der Waals surface area contributed by atoms with E-state index in [0.29, 0.717) is 6.07 Å². The van der Waals surface area contributed by atoms with E-state index < -0.39 is 52.2 Å². The van der Waals surface area contributed by atoms with Crippen molar-refractivity contribution in [1.29, 1.82) is 5.26 Å². The molecule has 4 atom stereocenters. The molecule has 0 aromatic heterocycles. The molecule has 8 heteroatoms. The standard InChI is InChI=1S/C18H13F3N2O3/c1-16-5-6-17(2,26-16)13-12(16)14(24)23(15(13)25)10-4-3-9(8-22)11(7-10)18(19,20)21/h3-7,12-13H,1-2H3/t12-,13?,16+,17-/m0/s1. The van der Waals surface area contributed by atoms with Gasteiger partial charge in [-0.3, -0.25) is 9.59 Å². The number of ether oxygens (including phenoxy) is 1. The Hall–Kier alpha value is -2.66. The second kappa shape index (κ2) is 4.74. The van der Waals surface area contributed by atoms with Gasteiger partial charge in [-0.1, -0.05) is 12.2 Å². The number of alkyl halides is 3. The number of imide groups is 1. The van der Waals surface area contributed by atoms with Crippen LogP contribution in [0.5, 0.6) is 0 Å². The summed E-state index contributed by atoms with van der Waals surface area (Å²) in [5.41, 5.74) is -3.84. The molecule has 5 nitrogen and oxygen atoms in total. The van der Waals surface area contributed by atoms with Crippen LogP contribution in [0.25, 0.3) is 0 Å². The number of rotatable bonds is 1. The molecule has 2 bridgehead atoms. The number of carbonyl (C=O) groups excluding carboxylic acids is 2. The molecule has 2 fully saturated rings. The van der Waals surface area contributed by atoms with Crippen LogP contribution in [-0.2, 0) is 20.5 Å². The van der Waals surface area contributed by atoms with Crippen molar-refractivity contribution in [3.8, 4) is 6.07 Å². The molecule has 3 aliphatic rings. The van der Waals surface area contributed by atoms with E-state index in [4.69, 9.17) is 10.00 Å². The second-order valence-corrected chi connectivity index (χ2v) is 7.11. The molecule has 0 radical (unpaired) electrons. The molecule has 2 saturated heterocycles. The molecule has 4 rings (SSSR count). The first-order valence-corrected chi connectivity index (χ1v) is 7.91. The highest BCUT2D eigenvalue weighted by molar-refractivity contribution is 6.23. The van der Waals surface area contributed by atoms with Crippen molar-refractivity contribution < 1.29 is 27.5 Å². The fraction of sp³-hybridized carbons (Fsp3) is 0.389. The summed E-state index contributed by atoms with van der Waals surface area (Å²) in [4.78, 5) is 26.6. The fourth-order valence-corrected chi connectivity index (χ4v) is 4.29. The third kappa shape index (κ3) is 1.95. The Morgan fingerprint density at radius 1 is 1.12 bits per heavy atom. The Morgan fingerprint density at radius 3 is 2.12 bits per heavy atom. The summed E-state index contributed by atoms with van der Waals surface area (Å²) in [6.07, 6.45) is -1.32. The van der Waals surface area contributed by atoms with Crippen molar-refractivity contribution in [3.63, 3.8) is 0 Å². The van der Waals surface area contributed by atoms with Crippen LogP contribution in [-0.4, -0.2) is 23.0 Å². The number of carbonyl (C=O) groups is 2. The zero-order valence-corrected chi connectivity index (χ0v) is 13.8. The minimum Gasteiger partial charge on any atom is -0.359 e. The Labute approximate surface area is 146 Å². The molecule has 2 amide bonds. The van der Waals surface area contributed by atoms with Gasteiger partial charge >= 0.3 is 6.18 Å². The van der Waals surface area contributed by atoms with Crippen molar-refractivity contribution in [3.05, 3.63) is 41.5 Å². The first-order chi connectivity index (χ1) is 12.0. The molecular formula is C18H13F3N2O3. The van der Waals surface area contributed by atoms with Gasteiger partial charge in [0.25, 0.3) is 0 Å². The van der Waals surface area contributed by atoms with Crippen LogP contribution >= 0.6 is 0 Å². The number of hydrogen-bond donors (Lipinski definition) is 0. The van der Waals surface area contributed by atoms with Gasteiger partial charge in [0.2, 0.25) is 11.8 Å². The molecule has 134 valence electrons. The van der Waals surface area contributed by atoms with Gasteiger partial charge in [0.15, 0.2) is 0 Å². The SMILES string of the molecule is C[C@]12C=C[C@](C)(O1)C1C(=O)N(c3ccc(C#N)c(C(F)(F)F)c3)C(=O)[C@H]12. The molecule has 26 heavy (non-hydrogen) atoms. The van der Waals surface area contributed by atoms with E-state index >= 15 is 0 Å². The maximum absolute atomic E-state index is 13.2. The van der Waals surface area contributed by atoms with Gasteiger partial charge in [-0.15, -0.1) is 0 Å². The number of nitrogens with zero attached hydrogens (tertiary/aromatic N) is 2. The smallest absolute Gasteiger partial charge is 0.359 e. The predicted octanol–water partition coefficient (Wildman–Crippen LogP) is 2.80. The van der Waals surface area contributed by atoms with Crippen molar-refractivity contribution in [2.75, 3.05) is 4.90 Å². The maximum atomic E-state index is 13.2. The van der Waals surface area contributed by atoms with Crippen LogP contribution in [0.3, 0.4) is 0 Å². The van der Waals surface area contributed by atoms with Crippen molar-refractivity contribution in [2.24, 2.45) is 11.8 Å². The van der Waals surface area contributed by atoms with Gasteiger partial charge in [-0.25, -0.2) is 4.90 Å². The average Bonchev–Trinajstić information content (AvgIpc) is 3.10. The summed E-state index contributed by atoms with van der Waals surface area (Å²) < 4.78 is 45.5. The molecule has 3 heterocycles. The molecule has 1 aromatic rings. The van der Waals surface area contributed by atoms with Crippen LogP contribution in [0.2, 0.25) is 0 Å². The zero-order valence-electron chi connectivity index (χ0n) is 13.8. The highest BCUT2D eigenvalue weighted by Crippen LogP contribution is 2.57. The van der Waals surface area contributed by atoms with Gasteiger partial charge in [0.05, 0.1) is 45.9 Å². The lowest BCUT2D eigenvalue weighted by Gasteiger charge is -2.25. The molecule has 1 unspecified atom stereocenters. The number of benzene rings is 1. The Morgan fingerprint density at radius 2 is 1.65 bits per heavy atom. The van der Waals surface area contributed by atoms with E-state index in [1.165, 1.54) is 12.1 Å². The maximum Gasteiger partial charge on any atom is 0.417 e. The highest BCUT2D eigenvalue weighted by Gasteiger charge is 2.70. The van der Waals surface area contributed by atoms with Crippen LogP contribution in [0.15, 0.2) is 30.4 Å². The van der Waals surface area contributed by atoms with E-state index in [-0.39, 0.29) is 5.69 Å². The lowest BCUT2D eigenvalue weighted by atomic mass is 9.73. The molecule has 0 aliphatic carbocycles. The van der Waals surface area contributed by atoms with Crippen LogP contribution in [0.1, 0.15) is 25.0 Å². The number of halogens is 3. The fourth-order valence-electron chi connectivity index (χ4n) is 4.29. The van der Waals surface area contributed by atoms with Gasteiger partial charge in [0.1, 0.15) is 0 Å². The summed E-state index contributed by atoms with van der Waals surface area (Å²) in [5, 5.41) is 8.90. The number of hydrogen-bond acceptors (Lipinski definition) is 4. The minimum atomic E-state index is -4.77. The zero-order chi connectivity index (χ0) is 19.1. The Kier molecular flexibility index (Phi) is 3.06. The molecule has 0 saturated carbocycles. The topological polar surface area (TPSA) is 70.4 Å². The molecular weight excluding hydrogens is 349 g/mol. The summed E-state index contributed by atoms with van der Waals surface area (Å²) in [6.45, 7) is 3.38. The normalized spacial score (nSPS) is 35.2. The molecule has 0 spiro atoms. The van der Waals surface area contributed by atoms with Crippen molar-refractivity contribution in [2.45, 2.75) is 31.2 Å². The molecule has 1 aromatic carbocycles. The summed E-state index contributed by atoms with van der Waals surface area (Å²) in [6, 6.07) is 4.31. The van der Waals surface area contributed by atoms with E-state index in [1.807, 2.05) is 0 Å². The lowest BCUT2D eigenvalue weighted by Crippen LogP contribution is -2.39. The van der Waals surface area contributed by atoms with E-state index in [9.17, 15) is 22.8 Å². The third-order valence-electron chi connectivity index (χ3n) is 5.41. The third-order valence-corrected chi connectivity index (χ3v) is 5.41. The van der Waals surface area contributed by atoms with E-state index in [2.05, 4.69) is 0 Å². The second-order valence-electron chi connectivity index (χ2n) is 7.11. The number of amides is 2. The van der Waals surface area contributed by atoms with Gasteiger partial charge in [-0.2, -0.15) is 18.4 Å². The van der Waals surface area contributed by atoms with Gasteiger partial charge in [-0.05, 0) is 32.0 Å². The first kappa shape index (κ1) is 16.8. The van der Waals surface area contributed by atoms with Crippen LogP contribution in [0, 0.1) is 23.2 Å². The largest absolute Gasteiger partial charge is 0.417 e. The number of fused-ring (bicyclic) bond motifs is 5. The van der Waals surface area contributed by atoms with Gasteiger partial charge in [0, 0.05) is 0 Å². The van der Waals surface area contributed by atoms with Crippen molar-refractivity contribution >= 4 is 17.5 Å². The average molecular weight is 362 g/mol. The quantitative estimate of drug-likeness (QED) is 0.569. The lowest BCUT2D eigenvalue weighted by molar-refractivity contribution is -0.138. The van der Waals surface area contributed by atoms with Crippen LogP contribution < -0.4 is 4.90 Å². The van der Waals surface area contributed by atoms with Crippen LogP contribution in [0.4, 0.5) is 18.9 Å². The van der Waals surface area contributed by atoms with Gasteiger partial charge < -0.3 is 4.74 Å². The summed E-state index contributed by atoms with van der Waals surface area (Å²) in [7, 11) is 0. The summed E-state index contributed by atoms with van der Waals surface area (Å²) >= 11 is 0. The number of nitriles is 1. The molecule has 3 aliphatic heterocycles.